The Morgan fingerprint density at radius 1 is 0.793 bits per heavy atom. The highest BCUT2D eigenvalue weighted by molar-refractivity contribution is 5.98. The molecular formula is C21H18F6O2. The number of ether oxygens (including phenoxy) is 1. The number of hydrogen-bond acceptors (Lipinski definition) is 2. The molecule has 3 aromatic rings. The number of alkyl halides is 6. The van der Waals surface area contributed by atoms with Crippen LogP contribution in [0.3, 0.4) is 0 Å². The van der Waals surface area contributed by atoms with Crippen LogP contribution in [0.2, 0.25) is 0 Å². The number of hydrogen-bond donors (Lipinski definition) is 1. The molecule has 0 saturated heterocycles. The third-order valence-corrected chi connectivity index (χ3v) is 4.87. The van der Waals surface area contributed by atoms with Gasteiger partial charge in [-0.05, 0) is 46.2 Å². The maximum Gasteiger partial charge on any atom is 0.430 e. The van der Waals surface area contributed by atoms with Crippen LogP contribution in [0.1, 0.15) is 18.9 Å². The molecule has 0 radical (unpaired) electrons. The SMILES string of the molecule is CCC(O)COC(c1ccc2cc3ccccc3cc2c1)(C(F)(F)F)C(F)(F)F. The Hall–Kier alpha value is -2.32. The van der Waals surface area contributed by atoms with Crippen molar-refractivity contribution in [3.05, 3.63) is 60.2 Å². The summed E-state index contributed by atoms with van der Waals surface area (Å²) in [5, 5.41) is 11.7. The molecule has 0 saturated carbocycles. The third-order valence-electron chi connectivity index (χ3n) is 4.87. The molecule has 1 N–H and O–H groups in total. The van der Waals surface area contributed by atoms with Crippen LogP contribution in [0.4, 0.5) is 26.3 Å². The van der Waals surface area contributed by atoms with Gasteiger partial charge in [0, 0.05) is 5.56 Å². The first kappa shape index (κ1) is 21.4. The van der Waals surface area contributed by atoms with E-state index in [1.807, 2.05) is 0 Å². The van der Waals surface area contributed by atoms with Crippen LogP contribution in [0.25, 0.3) is 21.5 Å². The topological polar surface area (TPSA) is 29.5 Å². The number of fused-ring (bicyclic) bond motifs is 2. The molecule has 2 nitrogen and oxygen atoms in total. The van der Waals surface area contributed by atoms with Gasteiger partial charge in [0.1, 0.15) is 0 Å². The van der Waals surface area contributed by atoms with Gasteiger partial charge in [-0.15, -0.1) is 0 Å². The zero-order chi connectivity index (χ0) is 21.4. The quantitative estimate of drug-likeness (QED) is 0.402. The second-order valence-electron chi connectivity index (χ2n) is 6.81. The van der Waals surface area contributed by atoms with E-state index in [2.05, 4.69) is 4.74 Å². The molecule has 0 bridgehead atoms. The predicted molar refractivity (Wildman–Crippen MR) is 97.5 cm³/mol. The van der Waals surface area contributed by atoms with E-state index < -0.39 is 36.2 Å². The molecule has 0 aliphatic rings. The summed E-state index contributed by atoms with van der Waals surface area (Å²) in [4.78, 5) is 0. The summed E-state index contributed by atoms with van der Waals surface area (Å²) in [6.07, 6.45) is -13.1. The van der Waals surface area contributed by atoms with E-state index in [4.69, 9.17) is 0 Å². The third kappa shape index (κ3) is 3.79. The van der Waals surface area contributed by atoms with Crippen molar-refractivity contribution < 1.29 is 36.2 Å². The van der Waals surface area contributed by atoms with Gasteiger partial charge < -0.3 is 9.84 Å². The van der Waals surface area contributed by atoms with Gasteiger partial charge in [0.2, 0.25) is 0 Å². The summed E-state index contributed by atoms with van der Waals surface area (Å²) in [5.74, 6) is 0. The second kappa shape index (κ2) is 7.50. The number of halogens is 6. The zero-order valence-electron chi connectivity index (χ0n) is 15.3. The summed E-state index contributed by atoms with van der Waals surface area (Å²) in [7, 11) is 0. The minimum atomic E-state index is -5.79. The van der Waals surface area contributed by atoms with Crippen LogP contribution in [-0.4, -0.2) is 30.2 Å². The van der Waals surface area contributed by atoms with Gasteiger partial charge in [-0.25, -0.2) is 0 Å². The molecule has 156 valence electrons. The first-order valence-corrected chi connectivity index (χ1v) is 8.88. The van der Waals surface area contributed by atoms with Gasteiger partial charge in [-0.2, -0.15) is 26.3 Å². The molecule has 0 heterocycles. The van der Waals surface area contributed by atoms with Crippen LogP contribution in [0, 0.1) is 0 Å². The molecule has 0 aliphatic heterocycles. The van der Waals surface area contributed by atoms with E-state index in [9.17, 15) is 31.4 Å². The first-order valence-electron chi connectivity index (χ1n) is 8.88. The predicted octanol–water partition coefficient (Wildman–Crippen LogP) is 6.10. The Morgan fingerprint density at radius 3 is 1.83 bits per heavy atom. The van der Waals surface area contributed by atoms with E-state index in [-0.39, 0.29) is 11.8 Å². The summed E-state index contributed by atoms with van der Waals surface area (Å²) >= 11 is 0. The summed E-state index contributed by atoms with van der Waals surface area (Å²) in [6, 6.07) is 13.1. The molecular weight excluding hydrogens is 398 g/mol. The molecule has 3 rings (SSSR count). The fraction of sp³-hybridized carbons (Fsp3) is 0.333. The Kier molecular flexibility index (Phi) is 5.53. The van der Waals surface area contributed by atoms with Gasteiger partial charge in [0.25, 0.3) is 5.60 Å². The van der Waals surface area contributed by atoms with E-state index in [0.29, 0.717) is 10.8 Å². The van der Waals surface area contributed by atoms with Crippen LogP contribution in [0.15, 0.2) is 54.6 Å². The Labute approximate surface area is 162 Å². The maximum atomic E-state index is 13.8. The van der Waals surface area contributed by atoms with Crippen molar-refractivity contribution in [3.63, 3.8) is 0 Å². The van der Waals surface area contributed by atoms with Gasteiger partial charge >= 0.3 is 12.4 Å². The highest BCUT2D eigenvalue weighted by Gasteiger charge is 2.73. The molecule has 0 aromatic heterocycles. The zero-order valence-corrected chi connectivity index (χ0v) is 15.3. The van der Waals surface area contributed by atoms with Gasteiger partial charge in [0.15, 0.2) is 0 Å². The molecule has 0 amide bonds. The van der Waals surface area contributed by atoms with Crippen LogP contribution in [-0.2, 0) is 10.3 Å². The van der Waals surface area contributed by atoms with Gasteiger partial charge in [-0.1, -0.05) is 43.3 Å². The molecule has 1 atom stereocenters. The van der Waals surface area contributed by atoms with Crippen molar-refractivity contribution in [2.45, 2.75) is 37.4 Å². The van der Waals surface area contributed by atoms with E-state index in [1.54, 1.807) is 30.3 Å². The van der Waals surface area contributed by atoms with Crippen molar-refractivity contribution in [1.82, 2.24) is 0 Å². The molecule has 0 aliphatic carbocycles. The number of rotatable bonds is 5. The molecule has 8 heteroatoms. The molecule has 0 fully saturated rings. The van der Waals surface area contributed by atoms with E-state index in [1.165, 1.54) is 19.1 Å². The molecule has 29 heavy (non-hydrogen) atoms. The fourth-order valence-electron chi connectivity index (χ4n) is 3.23. The average Bonchev–Trinajstić information content (AvgIpc) is 2.64. The summed E-state index contributed by atoms with van der Waals surface area (Å²) in [6.45, 7) is 0.323. The minimum absolute atomic E-state index is 0.0461. The average molecular weight is 416 g/mol. The Bertz CT molecular complexity index is 995. The number of aliphatic hydroxyl groups excluding tert-OH is 1. The largest absolute Gasteiger partial charge is 0.430 e. The van der Waals surface area contributed by atoms with Crippen molar-refractivity contribution >= 4 is 21.5 Å². The van der Waals surface area contributed by atoms with Crippen molar-refractivity contribution in [1.29, 1.82) is 0 Å². The molecule has 0 spiro atoms. The monoisotopic (exact) mass is 416 g/mol. The summed E-state index contributed by atoms with van der Waals surface area (Å²) < 4.78 is 87.5. The second-order valence-corrected chi connectivity index (χ2v) is 6.81. The van der Waals surface area contributed by atoms with Gasteiger partial charge in [-0.3, -0.25) is 0 Å². The lowest BCUT2D eigenvalue weighted by Gasteiger charge is -2.38. The maximum absolute atomic E-state index is 13.8. The van der Waals surface area contributed by atoms with Crippen LogP contribution < -0.4 is 0 Å². The van der Waals surface area contributed by atoms with Gasteiger partial charge in [0.05, 0.1) is 12.7 Å². The lowest BCUT2D eigenvalue weighted by Crippen LogP contribution is -2.56. The van der Waals surface area contributed by atoms with Crippen molar-refractivity contribution in [3.8, 4) is 0 Å². The highest BCUT2D eigenvalue weighted by atomic mass is 19.4. The molecule has 3 aromatic carbocycles. The standard InChI is InChI=1S/C21H18F6O2/c1-2-18(28)12-29-19(20(22,23)24,21(25,26)27)17-8-7-15-9-13-5-3-4-6-14(13)10-16(15)11-17/h3-11,18,28H,2,12H2,1H3. The van der Waals surface area contributed by atoms with E-state index in [0.717, 1.165) is 17.5 Å². The van der Waals surface area contributed by atoms with Crippen LogP contribution in [0.5, 0.6) is 0 Å². The van der Waals surface area contributed by atoms with Crippen molar-refractivity contribution in [2.75, 3.05) is 6.61 Å². The first-order chi connectivity index (χ1) is 13.5. The number of aliphatic hydroxyl groups is 1. The summed E-state index contributed by atoms with van der Waals surface area (Å²) in [5.41, 5.74) is -5.63. The minimum Gasteiger partial charge on any atom is -0.391 e. The van der Waals surface area contributed by atoms with E-state index >= 15 is 0 Å². The highest BCUT2D eigenvalue weighted by Crippen LogP contribution is 2.53. The van der Waals surface area contributed by atoms with Crippen molar-refractivity contribution in [2.24, 2.45) is 0 Å². The molecule has 1 unspecified atom stereocenters. The Balaban J connectivity index is 2.23. The fourth-order valence-corrected chi connectivity index (χ4v) is 3.23. The lowest BCUT2D eigenvalue weighted by atomic mass is 9.89. The number of benzene rings is 3. The normalized spacial score (nSPS) is 14.5. The van der Waals surface area contributed by atoms with Crippen LogP contribution >= 0.6 is 0 Å². The Morgan fingerprint density at radius 2 is 1.31 bits per heavy atom. The smallest absolute Gasteiger partial charge is 0.391 e. The lowest BCUT2D eigenvalue weighted by molar-refractivity contribution is -0.392.